The van der Waals surface area contributed by atoms with E-state index in [2.05, 4.69) is 4.74 Å². The van der Waals surface area contributed by atoms with E-state index in [0.29, 0.717) is 12.8 Å². The van der Waals surface area contributed by atoms with E-state index in [1.54, 1.807) is 0 Å². The van der Waals surface area contributed by atoms with E-state index in [0.717, 1.165) is 19.3 Å². The SMILES string of the molecule is COC(=O)CCC1(C(=O)OC)CC12CC2. The largest absolute Gasteiger partial charge is 0.469 e. The van der Waals surface area contributed by atoms with Crippen LogP contribution in [-0.4, -0.2) is 26.2 Å². The van der Waals surface area contributed by atoms with Gasteiger partial charge in [-0.05, 0) is 31.1 Å². The van der Waals surface area contributed by atoms with E-state index < -0.39 is 0 Å². The van der Waals surface area contributed by atoms with Crippen LogP contribution in [0.3, 0.4) is 0 Å². The predicted molar refractivity (Wildman–Crippen MR) is 52.0 cm³/mol. The molecule has 15 heavy (non-hydrogen) atoms. The number of carbonyl (C=O) groups is 2. The molecule has 1 unspecified atom stereocenters. The quantitative estimate of drug-likeness (QED) is 0.659. The van der Waals surface area contributed by atoms with Crippen molar-refractivity contribution in [1.82, 2.24) is 0 Å². The molecule has 1 spiro atoms. The molecular weight excluding hydrogens is 196 g/mol. The molecule has 2 aliphatic carbocycles. The second kappa shape index (κ2) is 3.22. The van der Waals surface area contributed by atoms with Gasteiger partial charge >= 0.3 is 11.9 Å². The van der Waals surface area contributed by atoms with E-state index in [-0.39, 0.29) is 22.8 Å². The third kappa shape index (κ3) is 1.43. The monoisotopic (exact) mass is 212 g/mol. The van der Waals surface area contributed by atoms with Crippen LogP contribution in [0.4, 0.5) is 0 Å². The minimum Gasteiger partial charge on any atom is -0.469 e. The number of hydrogen-bond donors (Lipinski definition) is 0. The van der Waals surface area contributed by atoms with Crippen LogP contribution in [-0.2, 0) is 19.1 Å². The molecule has 0 bridgehead atoms. The summed E-state index contributed by atoms with van der Waals surface area (Å²) < 4.78 is 9.41. The molecule has 0 N–H and O–H groups in total. The van der Waals surface area contributed by atoms with Crippen molar-refractivity contribution in [2.75, 3.05) is 14.2 Å². The lowest BCUT2D eigenvalue weighted by Gasteiger charge is -2.13. The van der Waals surface area contributed by atoms with Gasteiger partial charge in [0.2, 0.25) is 0 Å². The van der Waals surface area contributed by atoms with Crippen LogP contribution in [0.25, 0.3) is 0 Å². The van der Waals surface area contributed by atoms with Crippen LogP contribution in [0.15, 0.2) is 0 Å². The molecule has 0 aliphatic heterocycles. The molecule has 0 aromatic heterocycles. The van der Waals surface area contributed by atoms with Crippen molar-refractivity contribution in [3.63, 3.8) is 0 Å². The predicted octanol–water partition coefficient (Wildman–Crippen LogP) is 1.28. The summed E-state index contributed by atoms with van der Waals surface area (Å²) in [7, 11) is 2.78. The molecule has 0 aromatic rings. The summed E-state index contributed by atoms with van der Waals surface area (Å²) in [4.78, 5) is 22.7. The third-order valence-corrected chi connectivity index (χ3v) is 3.94. The minimum atomic E-state index is -0.365. The van der Waals surface area contributed by atoms with Crippen LogP contribution in [0, 0.1) is 10.8 Å². The van der Waals surface area contributed by atoms with Gasteiger partial charge in [-0.15, -0.1) is 0 Å². The highest BCUT2D eigenvalue weighted by molar-refractivity contribution is 5.83. The van der Waals surface area contributed by atoms with Gasteiger partial charge < -0.3 is 9.47 Å². The van der Waals surface area contributed by atoms with Gasteiger partial charge in [0.1, 0.15) is 0 Å². The van der Waals surface area contributed by atoms with Gasteiger partial charge in [-0.25, -0.2) is 0 Å². The first-order valence-corrected chi connectivity index (χ1v) is 5.25. The molecule has 4 nitrogen and oxygen atoms in total. The highest BCUT2D eigenvalue weighted by Gasteiger charge is 2.77. The summed E-state index contributed by atoms with van der Waals surface area (Å²) in [6, 6.07) is 0. The van der Waals surface area contributed by atoms with Crippen LogP contribution >= 0.6 is 0 Å². The molecule has 84 valence electrons. The molecule has 0 heterocycles. The number of carbonyl (C=O) groups excluding carboxylic acids is 2. The molecular formula is C11H16O4. The maximum atomic E-state index is 11.7. The number of methoxy groups -OCH3 is 2. The first-order valence-electron chi connectivity index (χ1n) is 5.25. The third-order valence-electron chi connectivity index (χ3n) is 3.94. The molecule has 0 aromatic carbocycles. The lowest BCUT2D eigenvalue weighted by Crippen LogP contribution is -2.22. The summed E-state index contributed by atoms with van der Waals surface area (Å²) in [6.45, 7) is 0. The molecule has 0 radical (unpaired) electrons. The van der Waals surface area contributed by atoms with Crippen LogP contribution in [0.1, 0.15) is 32.1 Å². The van der Waals surface area contributed by atoms with Crippen LogP contribution in [0.2, 0.25) is 0 Å². The summed E-state index contributed by atoms with van der Waals surface area (Å²) in [5, 5.41) is 0. The van der Waals surface area contributed by atoms with Crippen molar-refractivity contribution in [3.05, 3.63) is 0 Å². The molecule has 2 saturated carbocycles. The van der Waals surface area contributed by atoms with Gasteiger partial charge in [0.15, 0.2) is 0 Å². The Morgan fingerprint density at radius 3 is 2.27 bits per heavy atom. The summed E-state index contributed by atoms with van der Waals surface area (Å²) >= 11 is 0. The Kier molecular flexibility index (Phi) is 2.24. The van der Waals surface area contributed by atoms with Crippen molar-refractivity contribution in [1.29, 1.82) is 0 Å². The summed E-state index contributed by atoms with van der Waals surface area (Å²) in [6.07, 6.45) is 3.98. The fourth-order valence-corrected chi connectivity index (χ4v) is 2.70. The lowest BCUT2D eigenvalue weighted by atomic mass is 9.96. The Balaban J connectivity index is 1.97. The minimum absolute atomic E-state index is 0.149. The molecule has 2 fully saturated rings. The van der Waals surface area contributed by atoms with Gasteiger partial charge in [-0.3, -0.25) is 9.59 Å². The van der Waals surface area contributed by atoms with Crippen molar-refractivity contribution in [2.45, 2.75) is 32.1 Å². The lowest BCUT2D eigenvalue weighted by molar-refractivity contribution is -0.149. The van der Waals surface area contributed by atoms with Gasteiger partial charge in [-0.1, -0.05) is 0 Å². The molecule has 1 atom stereocenters. The number of ether oxygens (including phenoxy) is 2. The van der Waals surface area contributed by atoms with Crippen molar-refractivity contribution in [2.24, 2.45) is 10.8 Å². The number of hydrogen-bond acceptors (Lipinski definition) is 4. The summed E-state index contributed by atoms with van der Waals surface area (Å²) in [5.41, 5.74) is -0.177. The maximum Gasteiger partial charge on any atom is 0.312 e. The Hall–Kier alpha value is -1.06. The zero-order chi connectivity index (χ0) is 11.1. The average molecular weight is 212 g/mol. The maximum absolute atomic E-state index is 11.7. The molecule has 2 aliphatic rings. The zero-order valence-electron chi connectivity index (χ0n) is 9.17. The van der Waals surface area contributed by atoms with Gasteiger partial charge in [0.05, 0.1) is 19.6 Å². The average Bonchev–Trinajstić information content (AvgIpc) is 3.15. The molecule has 0 saturated heterocycles. The topological polar surface area (TPSA) is 52.6 Å². The van der Waals surface area contributed by atoms with E-state index in [1.165, 1.54) is 14.2 Å². The van der Waals surface area contributed by atoms with Gasteiger partial charge in [0.25, 0.3) is 0 Å². The zero-order valence-corrected chi connectivity index (χ0v) is 9.17. The summed E-state index contributed by atoms with van der Waals surface area (Å²) in [5.74, 6) is -0.398. The van der Waals surface area contributed by atoms with Gasteiger partial charge in [0, 0.05) is 6.42 Å². The Morgan fingerprint density at radius 1 is 1.20 bits per heavy atom. The van der Waals surface area contributed by atoms with Crippen molar-refractivity contribution < 1.29 is 19.1 Å². The first kappa shape index (κ1) is 10.5. The second-order valence-corrected chi connectivity index (χ2v) is 4.61. The van der Waals surface area contributed by atoms with Gasteiger partial charge in [-0.2, -0.15) is 0 Å². The normalized spacial score (nSPS) is 29.7. The highest BCUT2D eigenvalue weighted by atomic mass is 16.5. The molecule has 4 heteroatoms. The second-order valence-electron chi connectivity index (χ2n) is 4.61. The molecule has 0 amide bonds. The highest BCUT2D eigenvalue weighted by Crippen LogP contribution is 2.80. The Bertz CT molecular complexity index is 306. The number of esters is 2. The molecule has 2 rings (SSSR count). The van der Waals surface area contributed by atoms with Crippen molar-refractivity contribution in [3.8, 4) is 0 Å². The fourth-order valence-electron chi connectivity index (χ4n) is 2.70. The Labute approximate surface area is 88.9 Å². The smallest absolute Gasteiger partial charge is 0.312 e. The first-order chi connectivity index (χ1) is 7.10. The van der Waals surface area contributed by atoms with E-state index in [4.69, 9.17) is 4.74 Å². The standard InChI is InChI=1S/C11H16O4/c1-14-8(12)3-4-11(9(13)15-2)7-10(11)5-6-10/h3-7H2,1-2H3. The Morgan fingerprint density at radius 2 is 1.87 bits per heavy atom. The fraction of sp³-hybridized carbons (Fsp3) is 0.818. The number of rotatable bonds is 4. The van der Waals surface area contributed by atoms with E-state index in [9.17, 15) is 9.59 Å². The van der Waals surface area contributed by atoms with Crippen LogP contribution in [0.5, 0.6) is 0 Å². The van der Waals surface area contributed by atoms with E-state index in [1.807, 2.05) is 0 Å². The van der Waals surface area contributed by atoms with Crippen molar-refractivity contribution >= 4 is 11.9 Å². The van der Waals surface area contributed by atoms with Crippen LogP contribution < -0.4 is 0 Å². The van der Waals surface area contributed by atoms with E-state index >= 15 is 0 Å².